The van der Waals surface area contributed by atoms with Crippen molar-refractivity contribution in [1.29, 1.82) is 0 Å². The second-order valence-corrected chi connectivity index (χ2v) is 9.53. The number of benzene rings is 1. The van der Waals surface area contributed by atoms with Gasteiger partial charge in [0.05, 0.1) is 18.2 Å². The first-order valence-corrected chi connectivity index (χ1v) is 12.3. The molecule has 1 aromatic carbocycles. The average Bonchev–Trinajstić information content (AvgIpc) is 3.30. The number of rotatable bonds is 6. The fourth-order valence-electron chi connectivity index (χ4n) is 4.56. The number of anilines is 2. The first-order chi connectivity index (χ1) is 17.8. The monoisotopic (exact) mass is 522 g/mol. The normalized spacial score (nSPS) is 14.3. The highest BCUT2D eigenvalue weighted by molar-refractivity contribution is 6.30. The third kappa shape index (κ3) is 5.13. The Bertz CT molecular complexity index is 1570. The Morgan fingerprint density at radius 3 is 2.51 bits per heavy atom. The van der Waals surface area contributed by atoms with Crippen LogP contribution < -0.4 is 21.5 Å². The lowest BCUT2D eigenvalue weighted by Gasteiger charge is -2.36. The standard InChI is InChI=1S/C25H27ClN8O3/c1-30-23-22(24(36)31(2)25(30)37)34(16-28-23)15-21(35)29-20-7-6-19(13-27-20)33-10-8-32(9-11-33)14-17-4-3-5-18(26)12-17/h3-7,12-13,16H,8-11,14-15H2,1-2H3,(H,27,29,35). The zero-order chi connectivity index (χ0) is 26.1. The fourth-order valence-corrected chi connectivity index (χ4v) is 4.77. The van der Waals surface area contributed by atoms with Crippen molar-refractivity contribution in [3.8, 4) is 0 Å². The van der Waals surface area contributed by atoms with Gasteiger partial charge in [0.1, 0.15) is 12.4 Å². The van der Waals surface area contributed by atoms with Crippen LogP contribution in [0.1, 0.15) is 5.56 Å². The molecule has 1 fully saturated rings. The van der Waals surface area contributed by atoms with Crippen molar-refractivity contribution < 1.29 is 4.79 Å². The van der Waals surface area contributed by atoms with Crippen molar-refractivity contribution in [2.24, 2.45) is 14.1 Å². The number of amides is 1. The molecule has 37 heavy (non-hydrogen) atoms. The van der Waals surface area contributed by atoms with Gasteiger partial charge >= 0.3 is 5.69 Å². The first-order valence-electron chi connectivity index (χ1n) is 11.9. The number of piperazine rings is 1. The Labute approximate surface area is 217 Å². The number of halogens is 1. The molecule has 192 valence electrons. The van der Waals surface area contributed by atoms with Gasteiger partial charge in [0.2, 0.25) is 5.91 Å². The number of carbonyl (C=O) groups excluding carboxylic acids is 1. The van der Waals surface area contributed by atoms with Gasteiger partial charge in [-0.05, 0) is 29.8 Å². The minimum Gasteiger partial charge on any atom is -0.368 e. The molecule has 1 aliphatic heterocycles. The molecule has 0 bridgehead atoms. The summed E-state index contributed by atoms with van der Waals surface area (Å²) in [4.78, 5) is 50.5. The van der Waals surface area contributed by atoms with Crippen molar-refractivity contribution in [2.75, 3.05) is 36.4 Å². The molecule has 1 N–H and O–H groups in total. The first kappa shape index (κ1) is 24.7. The zero-order valence-electron chi connectivity index (χ0n) is 20.6. The third-order valence-corrected chi connectivity index (χ3v) is 6.81. The summed E-state index contributed by atoms with van der Waals surface area (Å²) in [5, 5.41) is 3.51. The number of aryl methyl sites for hydroxylation is 1. The van der Waals surface area contributed by atoms with E-state index in [2.05, 4.69) is 31.2 Å². The number of fused-ring (bicyclic) bond motifs is 1. The number of pyridine rings is 1. The van der Waals surface area contributed by atoms with Crippen molar-refractivity contribution in [1.82, 2.24) is 28.6 Å². The van der Waals surface area contributed by atoms with Gasteiger partial charge in [-0.1, -0.05) is 23.7 Å². The molecular weight excluding hydrogens is 496 g/mol. The van der Waals surface area contributed by atoms with Crippen LogP contribution in [-0.4, -0.2) is 60.7 Å². The van der Waals surface area contributed by atoms with E-state index < -0.39 is 11.2 Å². The molecule has 0 saturated carbocycles. The second-order valence-electron chi connectivity index (χ2n) is 9.09. The second kappa shape index (κ2) is 10.2. The Balaban J connectivity index is 1.18. The van der Waals surface area contributed by atoms with Crippen LogP contribution in [0.25, 0.3) is 11.2 Å². The van der Waals surface area contributed by atoms with E-state index in [9.17, 15) is 14.4 Å². The number of aromatic nitrogens is 5. The van der Waals surface area contributed by atoms with Gasteiger partial charge in [0.25, 0.3) is 5.56 Å². The quantitative estimate of drug-likeness (QED) is 0.408. The number of nitrogens with zero attached hydrogens (tertiary/aromatic N) is 7. The highest BCUT2D eigenvalue weighted by atomic mass is 35.5. The summed E-state index contributed by atoms with van der Waals surface area (Å²) >= 11 is 6.10. The average molecular weight is 523 g/mol. The molecule has 5 rings (SSSR count). The Morgan fingerprint density at radius 2 is 1.81 bits per heavy atom. The lowest BCUT2D eigenvalue weighted by molar-refractivity contribution is -0.116. The molecule has 11 nitrogen and oxygen atoms in total. The molecule has 1 aliphatic rings. The summed E-state index contributed by atoms with van der Waals surface area (Å²) < 4.78 is 3.71. The van der Waals surface area contributed by atoms with Crippen LogP contribution in [0, 0.1) is 0 Å². The number of imidazole rings is 1. The Kier molecular flexibility index (Phi) is 6.81. The molecule has 0 aliphatic carbocycles. The largest absolute Gasteiger partial charge is 0.368 e. The zero-order valence-corrected chi connectivity index (χ0v) is 21.4. The maximum Gasteiger partial charge on any atom is 0.332 e. The van der Waals surface area contributed by atoms with E-state index in [4.69, 9.17) is 11.6 Å². The van der Waals surface area contributed by atoms with Gasteiger partial charge in [-0.3, -0.25) is 23.6 Å². The summed E-state index contributed by atoms with van der Waals surface area (Å²) in [5.74, 6) is 0.0585. The molecule has 3 aromatic heterocycles. The lowest BCUT2D eigenvalue weighted by Crippen LogP contribution is -2.46. The minimum atomic E-state index is -0.501. The van der Waals surface area contributed by atoms with Crippen LogP contribution in [0.2, 0.25) is 5.02 Å². The maximum atomic E-state index is 12.7. The predicted octanol–water partition coefficient (Wildman–Crippen LogP) is 1.44. The lowest BCUT2D eigenvalue weighted by atomic mass is 10.2. The predicted molar refractivity (Wildman–Crippen MR) is 142 cm³/mol. The van der Waals surface area contributed by atoms with E-state index in [1.807, 2.05) is 24.3 Å². The van der Waals surface area contributed by atoms with Crippen LogP contribution >= 0.6 is 11.6 Å². The van der Waals surface area contributed by atoms with Gasteiger partial charge in [-0.2, -0.15) is 0 Å². The Hall–Kier alpha value is -3.96. The smallest absolute Gasteiger partial charge is 0.332 e. The van der Waals surface area contributed by atoms with E-state index in [0.29, 0.717) is 5.82 Å². The van der Waals surface area contributed by atoms with Gasteiger partial charge in [0, 0.05) is 51.8 Å². The van der Waals surface area contributed by atoms with Gasteiger partial charge in [-0.25, -0.2) is 14.8 Å². The molecule has 0 unspecified atom stereocenters. The molecule has 0 radical (unpaired) electrons. The number of nitrogens with one attached hydrogen (secondary N) is 1. The summed E-state index contributed by atoms with van der Waals surface area (Å²) in [7, 11) is 2.93. The molecule has 4 aromatic rings. The number of hydrogen-bond acceptors (Lipinski definition) is 7. The van der Waals surface area contributed by atoms with Crippen LogP contribution in [0.3, 0.4) is 0 Å². The van der Waals surface area contributed by atoms with Crippen molar-refractivity contribution >= 4 is 40.2 Å². The topological polar surface area (TPSA) is 110 Å². The highest BCUT2D eigenvalue weighted by Crippen LogP contribution is 2.19. The highest BCUT2D eigenvalue weighted by Gasteiger charge is 2.19. The van der Waals surface area contributed by atoms with Crippen molar-refractivity contribution in [3.63, 3.8) is 0 Å². The van der Waals surface area contributed by atoms with E-state index in [1.54, 1.807) is 12.3 Å². The van der Waals surface area contributed by atoms with Crippen LogP contribution in [0.4, 0.5) is 11.5 Å². The van der Waals surface area contributed by atoms with E-state index in [-0.39, 0.29) is 23.6 Å². The third-order valence-electron chi connectivity index (χ3n) is 6.58. The Morgan fingerprint density at radius 1 is 1.03 bits per heavy atom. The summed E-state index contributed by atoms with van der Waals surface area (Å²) in [5.41, 5.74) is 1.65. The summed E-state index contributed by atoms with van der Waals surface area (Å²) in [6, 6.07) is 11.7. The van der Waals surface area contributed by atoms with E-state index >= 15 is 0 Å². The molecule has 0 spiro atoms. The van der Waals surface area contributed by atoms with Crippen LogP contribution in [0.5, 0.6) is 0 Å². The summed E-state index contributed by atoms with van der Waals surface area (Å²) in [6.07, 6.45) is 3.13. The van der Waals surface area contributed by atoms with Crippen LogP contribution in [-0.2, 0) is 32.0 Å². The minimum absolute atomic E-state index is 0.137. The number of hydrogen-bond donors (Lipinski definition) is 1. The molecule has 12 heteroatoms. The molecule has 0 atom stereocenters. The van der Waals surface area contributed by atoms with E-state index in [0.717, 1.165) is 48.0 Å². The van der Waals surface area contributed by atoms with E-state index in [1.165, 1.54) is 35.1 Å². The van der Waals surface area contributed by atoms with Gasteiger partial charge < -0.3 is 14.8 Å². The molecule has 1 saturated heterocycles. The SMILES string of the molecule is Cn1c(=O)c2c(ncn2CC(=O)Nc2ccc(N3CCN(Cc4cccc(Cl)c4)CC3)cn2)n(C)c1=O. The number of carbonyl (C=O) groups is 1. The maximum absolute atomic E-state index is 12.7. The van der Waals surface area contributed by atoms with Crippen LogP contribution in [0.15, 0.2) is 58.5 Å². The summed E-state index contributed by atoms with van der Waals surface area (Å²) in [6.45, 7) is 4.33. The van der Waals surface area contributed by atoms with Gasteiger partial charge in [0.15, 0.2) is 11.2 Å². The molecule has 1 amide bonds. The fraction of sp³-hybridized carbons (Fsp3) is 0.320. The molecule has 4 heterocycles. The van der Waals surface area contributed by atoms with Gasteiger partial charge in [-0.15, -0.1) is 0 Å². The van der Waals surface area contributed by atoms with Crippen molar-refractivity contribution in [2.45, 2.75) is 13.1 Å². The van der Waals surface area contributed by atoms with Crippen molar-refractivity contribution in [3.05, 3.63) is 80.3 Å². The molecular formula is C25H27ClN8O3.